The second-order valence-electron chi connectivity index (χ2n) is 5.71. The minimum absolute atomic E-state index is 0.329. The van der Waals surface area contributed by atoms with Crippen molar-refractivity contribution in [1.82, 2.24) is 0 Å². The molecule has 106 valence electrons. The van der Waals surface area contributed by atoms with E-state index in [2.05, 4.69) is 30.0 Å². The molecule has 2 aromatic carbocycles. The third-order valence-electron chi connectivity index (χ3n) is 4.42. The summed E-state index contributed by atoms with van der Waals surface area (Å²) in [6, 6.07) is 14.0. The number of fused-ring (bicyclic) bond motifs is 2. The van der Waals surface area contributed by atoms with E-state index in [9.17, 15) is 10.5 Å². The Morgan fingerprint density at radius 2 is 1.91 bits per heavy atom. The third-order valence-corrected chi connectivity index (χ3v) is 4.42. The predicted molar refractivity (Wildman–Crippen MR) is 82.3 cm³/mol. The van der Waals surface area contributed by atoms with Gasteiger partial charge >= 0.3 is 0 Å². The molecule has 4 nitrogen and oxygen atoms in total. The summed E-state index contributed by atoms with van der Waals surface area (Å²) < 4.78 is 6.01. The molecule has 2 aromatic rings. The van der Waals surface area contributed by atoms with Gasteiger partial charge in [-0.05, 0) is 37.5 Å². The van der Waals surface area contributed by atoms with E-state index < -0.39 is 0 Å². The highest BCUT2D eigenvalue weighted by atomic mass is 16.5. The van der Waals surface area contributed by atoms with Crippen LogP contribution in [0.2, 0.25) is 0 Å². The van der Waals surface area contributed by atoms with Gasteiger partial charge in [-0.25, -0.2) is 0 Å². The van der Waals surface area contributed by atoms with Gasteiger partial charge in [-0.3, -0.25) is 0 Å². The summed E-state index contributed by atoms with van der Waals surface area (Å²) in [5, 5.41) is 18.5. The van der Waals surface area contributed by atoms with Crippen molar-refractivity contribution >= 4 is 11.4 Å². The molecular weight excluding hydrogens is 274 g/mol. The van der Waals surface area contributed by atoms with E-state index in [4.69, 9.17) is 4.74 Å². The molecule has 0 N–H and O–H groups in total. The van der Waals surface area contributed by atoms with Crippen LogP contribution in [0.15, 0.2) is 30.3 Å². The van der Waals surface area contributed by atoms with E-state index in [1.54, 1.807) is 12.1 Å². The molecule has 0 fully saturated rings. The molecular formula is C18H13N3O. The minimum atomic E-state index is 0.329. The van der Waals surface area contributed by atoms with E-state index >= 15 is 0 Å². The number of benzene rings is 2. The zero-order chi connectivity index (χ0) is 15.3. The van der Waals surface area contributed by atoms with Gasteiger partial charge < -0.3 is 9.64 Å². The number of ether oxygens (including phenoxy) is 1. The van der Waals surface area contributed by atoms with Crippen LogP contribution in [0.4, 0.5) is 11.4 Å². The molecule has 22 heavy (non-hydrogen) atoms. The third kappa shape index (κ3) is 1.61. The maximum Gasteiger partial charge on any atom is 0.152 e. The topological polar surface area (TPSA) is 60.0 Å². The average Bonchev–Trinajstić information content (AvgIpc) is 2.56. The molecule has 0 aromatic heterocycles. The fourth-order valence-corrected chi connectivity index (χ4v) is 3.34. The lowest BCUT2D eigenvalue weighted by Crippen LogP contribution is -2.35. The number of para-hydroxylation sites is 1. The predicted octanol–water partition coefficient (Wildman–Crippen LogP) is 4.01. The Balaban J connectivity index is 2.00. The smallest absolute Gasteiger partial charge is 0.152 e. The highest BCUT2D eigenvalue weighted by Gasteiger charge is 2.33. The van der Waals surface area contributed by atoms with Crippen molar-refractivity contribution in [1.29, 1.82) is 10.5 Å². The van der Waals surface area contributed by atoms with Gasteiger partial charge in [-0.2, -0.15) is 10.5 Å². The molecule has 2 aliphatic rings. The van der Waals surface area contributed by atoms with Gasteiger partial charge in [0.1, 0.15) is 12.1 Å². The van der Waals surface area contributed by atoms with Gasteiger partial charge in [-0.1, -0.05) is 12.1 Å². The lowest BCUT2D eigenvalue weighted by Gasteiger charge is -2.41. The van der Waals surface area contributed by atoms with E-state index in [0.29, 0.717) is 22.9 Å². The molecule has 0 unspecified atom stereocenters. The van der Waals surface area contributed by atoms with Gasteiger partial charge in [0.15, 0.2) is 11.5 Å². The number of anilines is 2. The van der Waals surface area contributed by atoms with Crippen LogP contribution in [-0.2, 0) is 6.42 Å². The summed E-state index contributed by atoms with van der Waals surface area (Å²) in [6.45, 7) is 2.18. The zero-order valence-corrected chi connectivity index (χ0v) is 12.1. The summed E-state index contributed by atoms with van der Waals surface area (Å²) in [5.41, 5.74) is 3.99. The molecule has 0 bridgehead atoms. The molecule has 2 heterocycles. The van der Waals surface area contributed by atoms with Gasteiger partial charge in [0.05, 0.1) is 22.5 Å². The van der Waals surface area contributed by atoms with Crippen molar-refractivity contribution in [3.8, 4) is 23.6 Å². The second-order valence-corrected chi connectivity index (χ2v) is 5.71. The van der Waals surface area contributed by atoms with Crippen LogP contribution in [0.25, 0.3) is 0 Å². The molecule has 1 atom stereocenters. The summed E-state index contributed by atoms with van der Waals surface area (Å²) in [5.74, 6) is 1.47. The number of aryl methyl sites for hydroxylation is 1. The molecule has 0 radical (unpaired) electrons. The highest BCUT2D eigenvalue weighted by molar-refractivity contribution is 5.83. The molecule has 0 amide bonds. The van der Waals surface area contributed by atoms with Crippen LogP contribution < -0.4 is 9.64 Å². The van der Waals surface area contributed by atoms with Crippen molar-refractivity contribution < 1.29 is 4.74 Å². The number of nitriles is 2. The summed E-state index contributed by atoms with van der Waals surface area (Å²) in [7, 11) is 0. The first-order valence-electron chi connectivity index (χ1n) is 7.30. The van der Waals surface area contributed by atoms with Gasteiger partial charge in [0.25, 0.3) is 0 Å². The summed E-state index contributed by atoms with van der Waals surface area (Å²) in [6.07, 6.45) is 2.08. The molecule has 4 rings (SSSR count). The van der Waals surface area contributed by atoms with Gasteiger partial charge in [0.2, 0.25) is 0 Å². The SMILES string of the molecule is C[C@H]1CCc2cccc3c2N1c1cc(C#N)c(C#N)cc1O3. The van der Waals surface area contributed by atoms with Gasteiger partial charge in [0, 0.05) is 12.1 Å². The Hall–Kier alpha value is -2.98. The fourth-order valence-electron chi connectivity index (χ4n) is 3.34. The van der Waals surface area contributed by atoms with Crippen molar-refractivity contribution in [3.63, 3.8) is 0 Å². The number of hydrogen-bond acceptors (Lipinski definition) is 4. The van der Waals surface area contributed by atoms with Crippen LogP contribution >= 0.6 is 0 Å². The first kappa shape index (κ1) is 12.7. The maximum absolute atomic E-state index is 9.28. The van der Waals surface area contributed by atoms with E-state index in [-0.39, 0.29) is 0 Å². The fraction of sp³-hybridized carbons (Fsp3) is 0.222. The molecule has 0 saturated carbocycles. The second kappa shape index (κ2) is 4.51. The van der Waals surface area contributed by atoms with Gasteiger partial charge in [-0.15, -0.1) is 0 Å². The van der Waals surface area contributed by atoms with Crippen molar-refractivity contribution in [2.75, 3.05) is 4.90 Å². The Morgan fingerprint density at radius 1 is 1.14 bits per heavy atom. The largest absolute Gasteiger partial charge is 0.453 e. The first-order chi connectivity index (χ1) is 10.7. The van der Waals surface area contributed by atoms with Crippen LogP contribution in [0, 0.1) is 22.7 Å². The zero-order valence-electron chi connectivity index (χ0n) is 12.1. The Kier molecular flexibility index (Phi) is 2.61. The maximum atomic E-state index is 9.28. The van der Waals surface area contributed by atoms with Crippen LogP contribution in [0.3, 0.4) is 0 Å². The van der Waals surface area contributed by atoms with Crippen molar-refractivity contribution in [3.05, 3.63) is 47.0 Å². The van der Waals surface area contributed by atoms with E-state index in [0.717, 1.165) is 30.0 Å². The number of hydrogen-bond donors (Lipinski definition) is 0. The van der Waals surface area contributed by atoms with Crippen LogP contribution in [-0.4, -0.2) is 6.04 Å². The molecule has 4 heteroatoms. The Bertz CT molecular complexity index is 873. The normalized spacial score (nSPS) is 17.6. The highest BCUT2D eigenvalue weighted by Crippen LogP contribution is 2.52. The van der Waals surface area contributed by atoms with Crippen LogP contribution in [0.5, 0.6) is 11.5 Å². The minimum Gasteiger partial charge on any atom is -0.453 e. The molecule has 0 aliphatic carbocycles. The quantitative estimate of drug-likeness (QED) is 0.734. The van der Waals surface area contributed by atoms with Crippen LogP contribution in [0.1, 0.15) is 30.0 Å². The monoisotopic (exact) mass is 287 g/mol. The number of rotatable bonds is 0. The standard InChI is InChI=1S/C18H13N3O/c1-11-5-6-12-3-2-4-16-18(12)21(11)15-7-13(9-19)14(10-20)8-17(15)22-16/h2-4,7-8,11H,5-6H2,1H3/t11-/m0/s1. The lowest BCUT2D eigenvalue weighted by atomic mass is 9.93. The Morgan fingerprint density at radius 3 is 2.68 bits per heavy atom. The van der Waals surface area contributed by atoms with Crippen molar-refractivity contribution in [2.45, 2.75) is 25.8 Å². The van der Waals surface area contributed by atoms with Crippen molar-refractivity contribution in [2.24, 2.45) is 0 Å². The lowest BCUT2D eigenvalue weighted by molar-refractivity contribution is 0.458. The Labute approximate surface area is 128 Å². The number of nitrogens with zero attached hydrogens (tertiary/aromatic N) is 3. The summed E-state index contributed by atoms with van der Waals surface area (Å²) in [4.78, 5) is 2.25. The first-order valence-corrected chi connectivity index (χ1v) is 7.30. The van der Waals surface area contributed by atoms with E-state index in [1.165, 1.54) is 5.56 Å². The average molecular weight is 287 g/mol. The van der Waals surface area contributed by atoms with E-state index in [1.807, 2.05) is 12.1 Å². The summed E-state index contributed by atoms with van der Waals surface area (Å²) >= 11 is 0. The molecule has 0 spiro atoms. The molecule has 0 saturated heterocycles. The molecule has 2 aliphatic heterocycles.